The van der Waals surface area contributed by atoms with Gasteiger partial charge < -0.3 is 20.4 Å². The molecule has 0 radical (unpaired) electrons. The molecule has 0 aliphatic rings. The Morgan fingerprint density at radius 2 is 1.50 bits per heavy atom. The maximum Gasteiger partial charge on any atom is 0.341 e. The van der Waals surface area contributed by atoms with Crippen LogP contribution >= 0.6 is 0 Å². The van der Waals surface area contributed by atoms with Gasteiger partial charge in [-0.3, -0.25) is 0 Å². The highest BCUT2D eigenvalue weighted by atomic mass is 19.2. The fourth-order valence-corrected chi connectivity index (χ4v) is 1.33. The summed E-state index contributed by atoms with van der Waals surface area (Å²) in [5.74, 6) is -8.13. The van der Waals surface area contributed by atoms with Crippen LogP contribution in [0.15, 0.2) is 0 Å². The molecule has 0 aliphatic heterocycles. The van der Waals surface area contributed by atoms with Crippen LogP contribution in [0.5, 0.6) is 0 Å². The van der Waals surface area contributed by atoms with Crippen molar-refractivity contribution in [3.63, 3.8) is 0 Å². The van der Waals surface area contributed by atoms with Crippen LogP contribution in [-0.4, -0.2) is 38.4 Å². The van der Waals surface area contributed by atoms with E-state index in [0.29, 0.717) is 12.8 Å². The minimum absolute atomic E-state index is 0.309. The first-order valence-corrected chi connectivity index (χ1v) is 5.46. The number of hydrogen-bond acceptors (Lipinski definition) is 4. The van der Waals surface area contributed by atoms with Gasteiger partial charge in [0.05, 0.1) is 0 Å². The van der Waals surface area contributed by atoms with Crippen LogP contribution in [0.1, 0.15) is 45.4 Å². The molecule has 0 heterocycles. The van der Waals surface area contributed by atoms with Crippen LogP contribution in [0, 0.1) is 0 Å². The van der Waals surface area contributed by atoms with E-state index in [0.717, 1.165) is 19.3 Å². The fraction of sp³-hybridized carbons (Fsp3) is 1.00. The number of hydrogen-bond donors (Lipinski definition) is 4. The smallest absolute Gasteiger partial charge is 0.341 e. The molecule has 0 aromatic heterocycles. The molecule has 0 aromatic carbocycles. The summed E-state index contributed by atoms with van der Waals surface area (Å²) in [7, 11) is 0. The molecule has 0 amide bonds. The molecule has 4 nitrogen and oxygen atoms in total. The van der Waals surface area contributed by atoms with Crippen molar-refractivity contribution < 1.29 is 29.2 Å². The second kappa shape index (κ2) is 6.44. The zero-order chi connectivity index (χ0) is 12.8. The summed E-state index contributed by atoms with van der Waals surface area (Å²) in [4.78, 5) is 0. The maximum absolute atomic E-state index is 13.1. The van der Waals surface area contributed by atoms with E-state index in [1.807, 2.05) is 6.92 Å². The first kappa shape index (κ1) is 15.7. The molecule has 2 atom stereocenters. The molecule has 6 heteroatoms. The number of unbranched alkanes of at least 4 members (excludes halogenated alkanes) is 4. The molecule has 0 saturated carbocycles. The van der Waals surface area contributed by atoms with Gasteiger partial charge in [0.25, 0.3) is 0 Å². The van der Waals surface area contributed by atoms with Crippen LogP contribution < -0.4 is 0 Å². The highest BCUT2D eigenvalue weighted by Crippen LogP contribution is 2.29. The van der Waals surface area contributed by atoms with E-state index in [1.54, 1.807) is 0 Å². The lowest BCUT2D eigenvalue weighted by atomic mass is 10.0. The Morgan fingerprint density at radius 3 is 1.94 bits per heavy atom. The van der Waals surface area contributed by atoms with Crippen LogP contribution in [0.2, 0.25) is 0 Å². The van der Waals surface area contributed by atoms with E-state index in [-0.39, 0.29) is 6.42 Å². The van der Waals surface area contributed by atoms with Gasteiger partial charge in [0, 0.05) is 0 Å². The Kier molecular flexibility index (Phi) is 6.32. The van der Waals surface area contributed by atoms with Gasteiger partial charge in [0.2, 0.25) is 0 Å². The second-order valence-electron chi connectivity index (χ2n) is 3.98. The zero-order valence-corrected chi connectivity index (χ0v) is 9.36. The van der Waals surface area contributed by atoms with Gasteiger partial charge in [-0.15, -0.1) is 0 Å². The van der Waals surface area contributed by atoms with Crippen LogP contribution in [-0.2, 0) is 0 Å². The van der Waals surface area contributed by atoms with E-state index in [4.69, 9.17) is 20.4 Å². The van der Waals surface area contributed by atoms with Gasteiger partial charge in [-0.1, -0.05) is 39.0 Å². The standard InChI is InChI=1S/C10H20F2O4/c1-2-3-4-5-6-7-8(11)9(12,13)10(14,15)16/h8,13-16H,2-7H2,1H3. The van der Waals surface area contributed by atoms with Crippen molar-refractivity contribution in [2.24, 2.45) is 0 Å². The molecule has 0 fully saturated rings. The topological polar surface area (TPSA) is 80.9 Å². The number of alkyl halides is 2. The van der Waals surface area contributed by atoms with E-state index >= 15 is 0 Å². The Labute approximate surface area is 93.5 Å². The first-order valence-electron chi connectivity index (χ1n) is 5.46. The highest BCUT2D eigenvalue weighted by Gasteiger charge is 2.55. The monoisotopic (exact) mass is 242 g/mol. The third kappa shape index (κ3) is 4.69. The molecular weight excluding hydrogens is 222 g/mol. The van der Waals surface area contributed by atoms with Crippen molar-refractivity contribution in [3.8, 4) is 0 Å². The quantitative estimate of drug-likeness (QED) is 0.378. The lowest BCUT2D eigenvalue weighted by Crippen LogP contribution is -2.57. The minimum atomic E-state index is -4.07. The molecule has 16 heavy (non-hydrogen) atoms. The summed E-state index contributed by atoms with van der Waals surface area (Å²) in [6.45, 7) is 2.01. The third-order valence-electron chi connectivity index (χ3n) is 2.45. The molecule has 0 bridgehead atoms. The fourth-order valence-electron chi connectivity index (χ4n) is 1.33. The Hall–Kier alpha value is -0.300. The second-order valence-corrected chi connectivity index (χ2v) is 3.98. The van der Waals surface area contributed by atoms with E-state index in [1.165, 1.54) is 0 Å². The molecule has 0 aliphatic carbocycles. The Balaban J connectivity index is 3.92. The number of rotatable bonds is 8. The molecular formula is C10H20F2O4. The molecule has 0 rings (SSSR count). The molecule has 0 spiro atoms. The average Bonchev–Trinajstić information content (AvgIpc) is 2.15. The largest absolute Gasteiger partial charge is 0.353 e. The van der Waals surface area contributed by atoms with Gasteiger partial charge in [-0.25, -0.2) is 4.39 Å². The summed E-state index contributed by atoms with van der Waals surface area (Å²) < 4.78 is 26.1. The normalized spacial score (nSPS) is 18.2. The zero-order valence-electron chi connectivity index (χ0n) is 9.36. The average molecular weight is 242 g/mol. The van der Waals surface area contributed by atoms with Crippen molar-refractivity contribution in [1.82, 2.24) is 0 Å². The first-order chi connectivity index (χ1) is 7.23. The Morgan fingerprint density at radius 1 is 1.00 bits per heavy atom. The summed E-state index contributed by atoms with van der Waals surface area (Å²) in [6, 6.07) is 0. The van der Waals surface area contributed by atoms with Gasteiger partial charge >= 0.3 is 11.8 Å². The number of halogens is 2. The van der Waals surface area contributed by atoms with Crippen LogP contribution in [0.25, 0.3) is 0 Å². The Bertz CT molecular complexity index is 192. The van der Waals surface area contributed by atoms with Crippen molar-refractivity contribution in [2.75, 3.05) is 0 Å². The van der Waals surface area contributed by atoms with Crippen molar-refractivity contribution >= 4 is 0 Å². The molecule has 98 valence electrons. The predicted octanol–water partition coefficient (Wildman–Crippen LogP) is 0.974. The van der Waals surface area contributed by atoms with Gasteiger partial charge in [0.1, 0.15) is 0 Å². The minimum Gasteiger partial charge on any atom is -0.353 e. The van der Waals surface area contributed by atoms with E-state index in [2.05, 4.69) is 0 Å². The van der Waals surface area contributed by atoms with Gasteiger partial charge in [-0.2, -0.15) is 4.39 Å². The molecule has 4 N–H and O–H groups in total. The van der Waals surface area contributed by atoms with Gasteiger partial charge in [0.15, 0.2) is 6.17 Å². The summed E-state index contributed by atoms with van der Waals surface area (Å²) >= 11 is 0. The van der Waals surface area contributed by atoms with Crippen molar-refractivity contribution in [1.29, 1.82) is 0 Å². The maximum atomic E-state index is 13.1. The van der Waals surface area contributed by atoms with Gasteiger partial charge in [-0.05, 0) is 6.42 Å². The third-order valence-corrected chi connectivity index (χ3v) is 2.45. The SMILES string of the molecule is CCCCCCCC(F)C(O)(F)C(O)(O)O. The molecule has 0 aromatic rings. The predicted molar refractivity (Wildman–Crippen MR) is 53.7 cm³/mol. The molecule has 2 unspecified atom stereocenters. The van der Waals surface area contributed by atoms with Crippen LogP contribution in [0.4, 0.5) is 8.78 Å². The highest BCUT2D eigenvalue weighted by molar-refractivity contribution is 4.82. The summed E-state index contributed by atoms with van der Waals surface area (Å²) in [5, 5.41) is 33.9. The number of aliphatic hydroxyl groups is 4. The van der Waals surface area contributed by atoms with Crippen LogP contribution in [0.3, 0.4) is 0 Å². The summed E-state index contributed by atoms with van der Waals surface area (Å²) in [6.07, 6.45) is 0.939. The van der Waals surface area contributed by atoms with Crippen molar-refractivity contribution in [3.05, 3.63) is 0 Å². The van der Waals surface area contributed by atoms with E-state index < -0.39 is 18.0 Å². The van der Waals surface area contributed by atoms with Crippen molar-refractivity contribution in [2.45, 2.75) is 63.4 Å². The lowest BCUT2D eigenvalue weighted by Gasteiger charge is -2.30. The molecule has 0 saturated heterocycles. The lowest BCUT2D eigenvalue weighted by molar-refractivity contribution is -0.437. The van der Waals surface area contributed by atoms with E-state index in [9.17, 15) is 8.78 Å². The summed E-state index contributed by atoms with van der Waals surface area (Å²) in [5.41, 5.74) is 0.